The zero-order valence-electron chi connectivity index (χ0n) is 11.7. The van der Waals surface area contributed by atoms with Gasteiger partial charge in [0.25, 0.3) is 5.91 Å². The number of nitrogen functional groups attached to an aromatic ring is 1. The second-order valence-corrected chi connectivity index (χ2v) is 6.09. The molecule has 0 aliphatic carbocycles. The van der Waals surface area contributed by atoms with Crippen molar-refractivity contribution >= 4 is 39.3 Å². The van der Waals surface area contributed by atoms with E-state index in [1.165, 1.54) is 0 Å². The van der Waals surface area contributed by atoms with E-state index in [4.69, 9.17) is 17.3 Å². The Kier molecular flexibility index (Phi) is 4.85. The standard InChI is InChI=1S/C15H15BrClN3O/c1-9(10-4-3-5-12(17)6-10)20(2)15(21)13-7-11(16)8-19-14(13)18/h3-9H,1-2H3,(H2,18,19). The number of aromatic nitrogens is 1. The minimum atomic E-state index is -0.186. The Morgan fingerprint density at radius 3 is 2.81 bits per heavy atom. The van der Waals surface area contributed by atoms with E-state index in [-0.39, 0.29) is 17.8 Å². The first kappa shape index (κ1) is 15.8. The van der Waals surface area contributed by atoms with Crippen molar-refractivity contribution in [2.24, 2.45) is 0 Å². The average molecular weight is 369 g/mol. The van der Waals surface area contributed by atoms with E-state index in [0.29, 0.717) is 15.1 Å². The third kappa shape index (κ3) is 3.54. The van der Waals surface area contributed by atoms with Crippen molar-refractivity contribution in [3.05, 3.63) is 57.2 Å². The zero-order chi connectivity index (χ0) is 15.6. The summed E-state index contributed by atoms with van der Waals surface area (Å²) in [6.45, 7) is 1.94. The van der Waals surface area contributed by atoms with Crippen LogP contribution in [-0.4, -0.2) is 22.8 Å². The summed E-state index contributed by atoms with van der Waals surface area (Å²) in [5, 5.41) is 0.642. The molecule has 1 unspecified atom stereocenters. The lowest BCUT2D eigenvalue weighted by molar-refractivity contribution is 0.0743. The van der Waals surface area contributed by atoms with Gasteiger partial charge >= 0.3 is 0 Å². The van der Waals surface area contributed by atoms with Crippen molar-refractivity contribution in [3.8, 4) is 0 Å². The van der Waals surface area contributed by atoms with Crippen molar-refractivity contribution in [2.45, 2.75) is 13.0 Å². The van der Waals surface area contributed by atoms with Gasteiger partial charge in [0.1, 0.15) is 5.82 Å². The summed E-state index contributed by atoms with van der Waals surface area (Å²) in [5.41, 5.74) is 7.12. The first-order chi connectivity index (χ1) is 9.90. The summed E-state index contributed by atoms with van der Waals surface area (Å²) in [6, 6.07) is 8.99. The maximum Gasteiger partial charge on any atom is 0.257 e. The molecule has 6 heteroatoms. The molecule has 0 aliphatic heterocycles. The molecule has 1 aromatic heterocycles. The summed E-state index contributed by atoms with van der Waals surface area (Å²) < 4.78 is 0.712. The van der Waals surface area contributed by atoms with Gasteiger partial charge in [-0.05, 0) is 46.6 Å². The van der Waals surface area contributed by atoms with E-state index in [9.17, 15) is 4.79 Å². The summed E-state index contributed by atoms with van der Waals surface area (Å²) >= 11 is 9.30. The molecule has 4 nitrogen and oxygen atoms in total. The topological polar surface area (TPSA) is 59.2 Å². The third-order valence-electron chi connectivity index (χ3n) is 3.35. The van der Waals surface area contributed by atoms with Gasteiger partial charge in [-0.25, -0.2) is 4.98 Å². The van der Waals surface area contributed by atoms with E-state index < -0.39 is 0 Å². The van der Waals surface area contributed by atoms with Gasteiger partial charge in [0, 0.05) is 22.7 Å². The number of carbonyl (C=O) groups is 1. The van der Waals surface area contributed by atoms with E-state index >= 15 is 0 Å². The van der Waals surface area contributed by atoms with Gasteiger partial charge in [0.2, 0.25) is 0 Å². The monoisotopic (exact) mass is 367 g/mol. The van der Waals surface area contributed by atoms with Gasteiger partial charge < -0.3 is 10.6 Å². The SMILES string of the molecule is CC(c1cccc(Cl)c1)N(C)C(=O)c1cc(Br)cnc1N. The third-order valence-corrected chi connectivity index (χ3v) is 4.02. The summed E-state index contributed by atoms with van der Waals surface area (Å²) in [6.07, 6.45) is 1.56. The van der Waals surface area contributed by atoms with E-state index in [0.717, 1.165) is 5.56 Å². The Morgan fingerprint density at radius 2 is 2.14 bits per heavy atom. The number of rotatable bonds is 3. The molecule has 0 saturated carbocycles. The molecule has 21 heavy (non-hydrogen) atoms. The molecule has 0 saturated heterocycles. The Labute approximate surface area is 137 Å². The average Bonchev–Trinajstić information content (AvgIpc) is 2.47. The van der Waals surface area contributed by atoms with Crippen LogP contribution in [0.3, 0.4) is 0 Å². The number of halogens is 2. The highest BCUT2D eigenvalue weighted by molar-refractivity contribution is 9.10. The molecule has 0 spiro atoms. The zero-order valence-corrected chi connectivity index (χ0v) is 14.0. The lowest BCUT2D eigenvalue weighted by Crippen LogP contribution is -2.30. The minimum absolute atomic E-state index is 0.130. The number of nitrogens with zero attached hydrogens (tertiary/aromatic N) is 2. The number of hydrogen-bond donors (Lipinski definition) is 1. The molecule has 0 bridgehead atoms. The van der Waals surface area contributed by atoms with Gasteiger partial charge in [-0.1, -0.05) is 23.7 Å². The van der Waals surface area contributed by atoms with Gasteiger partial charge in [-0.3, -0.25) is 4.79 Å². The lowest BCUT2D eigenvalue weighted by Gasteiger charge is -2.26. The van der Waals surface area contributed by atoms with E-state index in [1.54, 1.807) is 30.3 Å². The molecule has 1 amide bonds. The maximum atomic E-state index is 12.6. The largest absolute Gasteiger partial charge is 0.383 e. The van der Waals surface area contributed by atoms with Crippen LogP contribution in [0.5, 0.6) is 0 Å². The van der Waals surface area contributed by atoms with Crippen molar-refractivity contribution < 1.29 is 4.79 Å². The Bertz CT molecular complexity index is 678. The number of anilines is 1. The number of hydrogen-bond acceptors (Lipinski definition) is 3. The molecular weight excluding hydrogens is 354 g/mol. The van der Waals surface area contributed by atoms with Crippen LogP contribution in [0.4, 0.5) is 5.82 Å². The highest BCUT2D eigenvalue weighted by atomic mass is 79.9. The smallest absolute Gasteiger partial charge is 0.257 e. The molecule has 0 aliphatic rings. The summed E-state index contributed by atoms with van der Waals surface area (Å²) in [5.74, 6) is 0.0297. The second kappa shape index (κ2) is 6.45. The molecule has 2 rings (SSSR count). The first-order valence-corrected chi connectivity index (χ1v) is 7.51. The van der Waals surface area contributed by atoms with Gasteiger partial charge in [0.05, 0.1) is 11.6 Å². The van der Waals surface area contributed by atoms with Crippen LogP contribution in [0, 0.1) is 0 Å². The fraction of sp³-hybridized carbons (Fsp3) is 0.200. The Morgan fingerprint density at radius 1 is 1.43 bits per heavy atom. The molecule has 1 aromatic carbocycles. The van der Waals surface area contributed by atoms with E-state index in [2.05, 4.69) is 20.9 Å². The number of amides is 1. The van der Waals surface area contributed by atoms with Crippen LogP contribution in [0.1, 0.15) is 28.9 Å². The minimum Gasteiger partial charge on any atom is -0.383 e. The van der Waals surface area contributed by atoms with Crippen molar-refractivity contribution in [1.82, 2.24) is 9.88 Å². The lowest BCUT2D eigenvalue weighted by atomic mass is 10.1. The molecule has 2 aromatic rings. The Hall–Kier alpha value is -1.59. The Balaban J connectivity index is 2.28. The number of pyridine rings is 1. The number of carbonyl (C=O) groups excluding carboxylic acids is 1. The highest BCUT2D eigenvalue weighted by Gasteiger charge is 2.21. The van der Waals surface area contributed by atoms with Crippen molar-refractivity contribution in [3.63, 3.8) is 0 Å². The van der Waals surface area contributed by atoms with Crippen LogP contribution >= 0.6 is 27.5 Å². The number of nitrogens with two attached hydrogens (primary N) is 1. The molecule has 110 valence electrons. The van der Waals surface area contributed by atoms with E-state index in [1.807, 2.05) is 25.1 Å². The summed E-state index contributed by atoms with van der Waals surface area (Å²) in [4.78, 5) is 18.2. The normalized spacial score (nSPS) is 12.0. The molecule has 0 radical (unpaired) electrons. The fourth-order valence-electron chi connectivity index (χ4n) is 1.98. The molecule has 1 heterocycles. The molecule has 0 fully saturated rings. The molecular formula is C15H15BrClN3O. The van der Waals surface area contributed by atoms with Gasteiger partial charge in [-0.2, -0.15) is 0 Å². The quantitative estimate of drug-likeness (QED) is 0.893. The van der Waals surface area contributed by atoms with Crippen molar-refractivity contribution in [2.75, 3.05) is 12.8 Å². The summed E-state index contributed by atoms with van der Waals surface area (Å²) in [7, 11) is 1.73. The van der Waals surface area contributed by atoms with Crippen LogP contribution in [0.25, 0.3) is 0 Å². The van der Waals surface area contributed by atoms with Gasteiger partial charge in [-0.15, -0.1) is 0 Å². The number of benzene rings is 1. The highest BCUT2D eigenvalue weighted by Crippen LogP contribution is 2.25. The predicted molar refractivity (Wildman–Crippen MR) is 88.3 cm³/mol. The van der Waals surface area contributed by atoms with Crippen LogP contribution in [-0.2, 0) is 0 Å². The van der Waals surface area contributed by atoms with Crippen LogP contribution in [0.15, 0.2) is 41.0 Å². The molecule has 2 N–H and O–H groups in total. The predicted octanol–water partition coefficient (Wildman–Crippen LogP) is 3.91. The maximum absolute atomic E-state index is 12.6. The fourth-order valence-corrected chi connectivity index (χ4v) is 2.51. The van der Waals surface area contributed by atoms with Crippen LogP contribution in [0.2, 0.25) is 5.02 Å². The van der Waals surface area contributed by atoms with Crippen molar-refractivity contribution in [1.29, 1.82) is 0 Å². The van der Waals surface area contributed by atoms with Crippen LogP contribution < -0.4 is 5.73 Å². The van der Waals surface area contributed by atoms with Gasteiger partial charge in [0.15, 0.2) is 0 Å². The second-order valence-electron chi connectivity index (χ2n) is 4.73. The first-order valence-electron chi connectivity index (χ1n) is 6.34. The molecule has 1 atom stereocenters.